The average molecular weight is 161 g/mol. The second-order valence-electron chi connectivity index (χ2n) is 2.98. The molecule has 0 rings (SSSR count). The lowest BCUT2D eigenvalue weighted by Crippen LogP contribution is -2.17. The molecule has 1 atom stereocenters. The molecule has 0 radical (unpaired) electrons. The van der Waals surface area contributed by atoms with Crippen LogP contribution in [0.1, 0.15) is 27.2 Å². The van der Waals surface area contributed by atoms with Crippen LogP contribution in [0.15, 0.2) is 0 Å². The van der Waals surface area contributed by atoms with Crippen LogP contribution < -0.4 is 5.32 Å². The molecule has 0 fully saturated rings. The van der Waals surface area contributed by atoms with Gasteiger partial charge in [0.05, 0.1) is 5.37 Å². The highest BCUT2D eigenvalue weighted by molar-refractivity contribution is 7.99. The summed E-state index contributed by atoms with van der Waals surface area (Å²) in [5, 5.41) is 3.81. The van der Waals surface area contributed by atoms with Crippen molar-refractivity contribution in [2.45, 2.75) is 32.6 Å². The Bertz CT molecular complexity index is 73.7. The molecule has 0 bridgehead atoms. The monoisotopic (exact) mass is 161 g/mol. The van der Waals surface area contributed by atoms with E-state index in [2.05, 4.69) is 26.1 Å². The molecule has 0 heterocycles. The van der Waals surface area contributed by atoms with Crippen molar-refractivity contribution < 1.29 is 0 Å². The van der Waals surface area contributed by atoms with Gasteiger partial charge in [0.25, 0.3) is 0 Å². The van der Waals surface area contributed by atoms with Crippen LogP contribution in [0.5, 0.6) is 0 Å². The normalized spacial score (nSPS) is 14.1. The molecular formula is C8H19NS. The van der Waals surface area contributed by atoms with Crippen LogP contribution in [0.2, 0.25) is 0 Å². The second-order valence-corrected chi connectivity index (χ2v) is 4.43. The van der Waals surface area contributed by atoms with Crippen molar-refractivity contribution in [1.29, 1.82) is 0 Å². The second kappa shape index (κ2) is 6.05. The Kier molecular flexibility index (Phi) is 6.24. The molecule has 0 aromatic rings. The van der Waals surface area contributed by atoms with Gasteiger partial charge >= 0.3 is 0 Å². The predicted octanol–water partition coefficient (Wildman–Crippen LogP) is 2.33. The molecule has 62 valence electrons. The van der Waals surface area contributed by atoms with Gasteiger partial charge in [0.1, 0.15) is 0 Å². The van der Waals surface area contributed by atoms with E-state index in [4.69, 9.17) is 0 Å². The highest BCUT2D eigenvalue weighted by Crippen LogP contribution is 2.11. The first kappa shape index (κ1) is 10.3. The third-order valence-corrected chi connectivity index (χ3v) is 2.68. The van der Waals surface area contributed by atoms with Gasteiger partial charge in [-0.1, -0.05) is 13.8 Å². The fourth-order valence-electron chi connectivity index (χ4n) is 0.564. The van der Waals surface area contributed by atoms with Gasteiger partial charge in [0, 0.05) is 0 Å². The van der Waals surface area contributed by atoms with Crippen molar-refractivity contribution in [3.63, 3.8) is 0 Å². The Hall–Kier alpha value is 0.310. The quantitative estimate of drug-likeness (QED) is 0.621. The van der Waals surface area contributed by atoms with Crippen LogP contribution in [0.25, 0.3) is 0 Å². The zero-order chi connectivity index (χ0) is 7.98. The minimum atomic E-state index is 0.610. The summed E-state index contributed by atoms with van der Waals surface area (Å²) in [6.07, 6.45) is 1.33. The van der Waals surface area contributed by atoms with Crippen molar-refractivity contribution in [3.05, 3.63) is 0 Å². The highest BCUT2D eigenvalue weighted by Gasteiger charge is 1.98. The van der Waals surface area contributed by atoms with Gasteiger partial charge in [0.15, 0.2) is 0 Å². The molecular weight excluding hydrogens is 142 g/mol. The van der Waals surface area contributed by atoms with E-state index in [1.807, 2.05) is 18.8 Å². The Labute approximate surface area is 69.0 Å². The number of nitrogens with one attached hydrogen (secondary N) is 1. The minimum absolute atomic E-state index is 0.610. The lowest BCUT2D eigenvalue weighted by molar-refractivity contribution is 0.630. The van der Waals surface area contributed by atoms with Gasteiger partial charge in [-0.25, -0.2) is 0 Å². The predicted molar refractivity (Wildman–Crippen MR) is 50.4 cm³/mol. The molecule has 10 heavy (non-hydrogen) atoms. The number of thioether (sulfide) groups is 1. The van der Waals surface area contributed by atoms with Gasteiger partial charge in [-0.05, 0) is 32.1 Å². The molecule has 0 saturated heterocycles. The Morgan fingerprint density at radius 3 is 2.30 bits per heavy atom. The SMILES string of the molecule is CNC(C)SCCC(C)C. The Morgan fingerprint density at radius 1 is 1.30 bits per heavy atom. The van der Waals surface area contributed by atoms with Gasteiger partial charge in [-0.15, -0.1) is 11.8 Å². The lowest BCUT2D eigenvalue weighted by Gasteiger charge is -2.10. The highest BCUT2D eigenvalue weighted by atomic mass is 32.2. The van der Waals surface area contributed by atoms with Gasteiger partial charge < -0.3 is 5.32 Å². The molecule has 0 aliphatic carbocycles. The average Bonchev–Trinajstić information content (AvgIpc) is 1.87. The van der Waals surface area contributed by atoms with Gasteiger partial charge in [-0.3, -0.25) is 0 Å². The third-order valence-electron chi connectivity index (χ3n) is 1.47. The van der Waals surface area contributed by atoms with Crippen LogP contribution in [-0.2, 0) is 0 Å². The van der Waals surface area contributed by atoms with Crippen LogP contribution in [0.3, 0.4) is 0 Å². The van der Waals surface area contributed by atoms with E-state index >= 15 is 0 Å². The summed E-state index contributed by atoms with van der Waals surface area (Å²) in [7, 11) is 2.01. The van der Waals surface area contributed by atoms with Crippen LogP contribution >= 0.6 is 11.8 Å². The number of rotatable bonds is 5. The maximum atomic E-state index is 3.20. The summed E-state index contributed by atoms with van der Waals surface area (Å²) in [5.41, 5.74) is 0. The molecule has 0 aromatic heterocycles. The van der Waals surface area contributed by atoms with Crippen molar-refractivity contribution in [2.24, 2.45) is 5.92 Å². The fourth-order valence-corrected chi connectivity index (χ4v) is 1.69. The van der Waals surface area contributed by atoms with Crippen molar-refractivity contribution in [1.82, 2.24) is 5.32 Å². The zero-order valence-corrected chi connectivity index (χ0v) is 8.29. The molecule has 1 N–H and O–H groups in total. The van der Waals surface area contributed by atoms with Crippen molar-refractivity contribution >= 4 is 11.8 Å². The molecule has 2 heteroatoms. The summed E-state index contributed by atoms with van der Waals surface area (Å²) < 4.78 is 0. The first-order valence-electron chi connectivity index (χ1n) is 3.95. The fraction of sp³-hybridized carbons (Fsp3) is 1.00. The van der Waals surface area contributed by atoms with E-state index in [0.29, 0.717) is 5.37 Å². The molecule has 0 aliphatic rings. The van der Waals surface area contributed by atoms with E-state index < -0.39 is 0 Å². The summed E-state index contributed by atoms with van der Waals surface area (Å²) in [6.45, 7) is 6.74. The summed E-state index contributed by atoms with van der Waals surface area (Å²) in [6, 6.07) is 0. The largest absolute Gasteiger partial charge is 0.309 e. The van der Waals surface area contributed by atoms with E-state index in [-0.39, 0.29) is 0 Å². The number of hydrogen-bond acceptors (Lipinski definition) is 2. The summed E-state index contributed by atoms with van der Waals surface area (Å²) in [4.78, 5) is 0. The van der Waals surface area contributed by atoms with Crippen molar-refractivity contribution in [3.8, 4) is 0 Å². The van der Waals surface area contributed by atoms with Gasteiger partial charge in [-0.2, -0.15) is 0 Å². The minimum Gasteiger partial charge on any atom is -0.309 e. The number of hydrogen-bond donors (Lipinski definition) is 1. The van der Waals surface area contributed by atoms with E-state index in [1.54, 1.807) is 0 Å². The smallest absolute Gasteiger partial charge is 0.0501 e. The summed E-state index contributed by atoms with van der Waals surface area (Å²) >= 11 is 1.99. The molecule has 0 spiro atoms. The molecule has 1 unspecified atom stereocenters. The molecule has 0 aliphatic heterocycles. The first-order chi connectivity index (χ1) is 4.66. The maximum absolute atomic E-state index is 3.20. The topological polar surface area (TPSA) is 12.0 Å². The first-order valence-corrected chi connectivity index (χ1v) is 5.00. The van der Waals surface area contributed by atoms with Crippen LogP contribution in [0, 0.1) is 5.92 Å². The lowest BCUT2D eigenvalue weighted by atomic mass is 10.2. The van der Waals surface area contributed by atoms with E-state index in [0.717, 1.165) is 5.92 Å². The molecule has 1 nitrogen and oxygen atoms in total. The maximum Gasteiger partial charge on any atom is 0.0501 e. The van der Waals surface area contributed by atoms with Crippen LogP contribution in [-0.4, -0.2) is 18.2 Å². The van der Waals surface area contributed by atoms with Crippen molar-refractivity contribution in [2.75, 3.05) is 12.8 Å². The standard InChI is InChI=1S/C8H19NS/c1-7(2)5-6-10-8(3)9-4/h7-9H,5-6H2,1-4H3. The zero-order valence-electron chi connectivity index (χ0n) is 7.48. The third kappa shape index (κ3) is 6.43. The van der Waals surface area contributed by atoms with Gasteiger partial charge in [0.2, 0.25) is 0 Å². The Morgan fingerprint density at radius 2 is 1.90 bits per heavy atom. The van der Waals surface area contributed by atoms with Crippen LogP contribution in [0.4, 0.5) is 0 Å². The molecule has 0 amide bonds. The summed E-state index contributed by atoms with van der Waals surface area (Å²) in [5.74, 6) is 2.12. The Balaban J connectivity index is 3.03. The molecule has 0 saturated carbocycles. The van der Waals surface area contributed by atoms with E-state index in [1.165, 1.54) is 12.2 Å². The molecule has 0 aromatic carbocycles. The van der Waals surface area contributed by atoms with E-state index in [9.17, 15) is 0 Å².